The van der Waals surface area contributed by atoms with Crippen LogP contribution in [0.4, 0.5) is 0 Å². The van der Waals surface area contributed by atoms with E-state index in [0.29, 0.717) is 6.04 Å². The Bertz CT molecular complexity index is 369. The maximum atomic E-state index is 4.82. The lowest BCUT2D eigenvalue weighted by Crippen LogP contribution is -2.32. The van der Waals surface area contributed by atoms with E-state index >= 15 is 0 Å². The Kier molecular flexibility index (Phi) is 2.20. The topological polar surface area (TPSA) is 15.6 Å². The summed E-state index contributed by atoms with van der Waals surface area (Å²) in [5.74, 6) is 1.34. The van der Waals surface area contributed by atoms with Gasteiger partial charge in [0.05, 0.1) is 11.9 Å². The van der Waals surface area contributed by atoms with Crippen LogP contribution in [0.3, 0.4) is 0 Å². The molecule has 0 aliphatic carbocycles. The van der Waals surface area contributed by atoms with Gasteiger partial charge in [-0.25, -0.2) is 0 Å². The van der Waals surface area contributed by atoms with Gasteiger partial charge in [0.2, 0.25) is 0 Å². The van der Waals surface area contributed by atoms with Crippen molar-refractivity contribution in [3.63, 3.8) is 0 Å². The Morgan fingerprint density at radius 3 is 2.80 bits per heavy atom. The molecular formula is C13H16N2. The van der Waals surface area contributed by atoms with Gasteiger partial charge in [0.1, 0.15) is 0 Å². The summed E-state index contributed by atoms with van der Waals surface area (Å²) < 4.78 is 0. The van der Waals surface area contributed by atoms with Crippen LogP contribution >= 0.6 is 0 Å². The van der Waals surface area contributed by atoms with Crippen molar-refractivity contribution in [2.24, 2.45) is 4.99 Å². The summed E-state index contributed by atoms with van der Waals surface area (Å²) in [5, 5.41) is 0. The third-order valence-corrected chi connectivity index (χ3v) is 3.33. The Morgan fingerprint density at radius 1 is 1.13 bits per heavy atom. The van der Waals surface area contributed by atoms with Gasteiger partial charge in [0.15, 0.2) is 0 Å². The van der Waals surface area contributed by atoms with Gasteiger partial charge >= 0.3 is 0 Å². The molecule has 1 unspecified atom stereocenters. The van der Waals surface area contributed by atoms with Crippen LogP contribution in [0, 0.1) is 0 Å². The fourth-order valence-corrected chi connectivity index (χ4v) is 2.50. The molecule has 78 valence electrons. The summed E-state index contributed by atoms with van der Waals surface area (Å²) in [4.78, 5) is 7.28. The van der Waals surface area contributed by atoms with E-state index in [2.05, 4.69) is 35.2 Å². The summed E-state index contributed by atoms with van der Waals surface area (Å²) in [6, 6.07) is 11.0. The van der Waals surface area contributed by atoms with Crippen molar-refractivity contribution in [3.05, 3.63) is 35.9 Å². The van der Waals surface area contributed by atoms with Crippen LogP contribution in [0.5, 0.6) is 0 Å². The maximum absolute atomic E-state index is 4.82. The van der Waals surface area contributed by atoms with E-state index in [1.807, 2.05) is 0 Å². The summed E-state index contributed by atoms with van der Waals surface area (Å²) in [6.07, 6.45) is 3.83. The minimum Gasteiger partial charge on any atom is -0.358 e. The summed E-state index contributed by atoms with van der Waals surface area (Å²) in [6.45, 7) is 2.31. The van der Waals surface area contributed by atoms with Gasteiger partial charge in [-0.2, -0.15) is 0 Å². The zero-order chi connectivity index (χ0) is 10.1. The molecule has 0 bridgehead atoms. The molecule has 15 heavy (non-hydrogen) atoms. The second-order valence-corrected chi connectivity index (χ2v) is 4.37. The first-order valence-electron chi connectivity index (χ1n) is 5.80. The lowest BCUT2D eigenvalue weighted by atomic mass is 10.1. The number of nitrogens with zero attached hydrogens (tertiary/aromatic N) is 2. The largest absolute Gasteiger partial charge is 0.358 e. The van der Waals surface area contributed by atoms with Crippen LogP contribution in [0.15, 0.2) is 35.3 Å². The van der Waals surface area contributed by atoms with Gasteiger partial charge in [0.25, 0.3) is 0 Å². The first-order valence-corrected chi connectivity index (χ1v) is 5.80. The highest BCUT2D eigenvalue weighted by Crippen LogP contribution is 2.28. The molecule has 1 aromatic rings. The van der Waals surface area contributed by atoms with Crippen LogP contribution < -0.4 is 0 Å². The quantitative estimate of drug-likeness (QED) is 0.680. The predicted octanol–water partition coefficient (Wildman–Crippen LogP) is 2.63. The monoisotopic (exact) mass is 200 g/mol. The Balaban J connectivity index is 1.83. The summed E-state index contributed by atoms with van der Waals surface area (Å²) in [7, 11) is 0. The first kappa shape index (κ1) is 8.96. The SMILES string of the molecule is c1ccc(C2CN3CCCCC3=N2)cc1. The molecule has 2 heterocycles. The van der Waals surface area contributed by atoms with Gasteiger partial charge in [-0.1, -0.05) is 30.3 Å². The normalized spacial score (nSPS) is 24.9. The molecule has 0 spiro atoms. The molecule has 0 saturated carbocycles. The summed E-state index contributed by atoms with van der Waals surface area (Å²) >= 11 is 0. The van der Waals surface area contributed by atoms with E-state index in [1.54, 1.807) is 0 Å². The van der Waals surface area contributed by atoms with Gasteiger partial charge in [-0.3, -0.25) is 4.99 Å². The van der Waals surface area contributed by atoms with Crippen molar-refractivity contribution < 1.29 is 0 Å². The minimum absolute atomic E-state index is 0.388. The van der Waals surface area contributed by atoms with E-state index in [9.17, 15) is 0 Å². The fraction of sp³-hybridized carbons (Fsp3) is 0.462. The number of hydrogen-bond donors (Lipinski definition) is 0. The van der Waals surface area contributed by atoms with Gasteiger partial charge < -0.3 is 4.90 Å². The van der Waals surface area contributed by atoms with E-state index in [-0.39, 0.29) is 0 Å². The molecule has 3 rings (SSSR count). The van der Waals surface area contributed by atoms with Gasteiger partial charge in [0, 0.05) is 19.5 Å². The standard InChI is InChI=1S/C13H16N2/c1-2-6-11(7-3-1)12-10-15-9-5-4-8-13(15)14-12/h1-3,6-7,12H,4-5,8-10H2. The maximum Gasteiger partial charge on any atom is 0.0998 e. The molecule has 1 fully saturated rings. The Hall–Kier alpha value is -1.31. The lowest BCUT2D eigenvalue weighted by Gasteiger charge is -2.25. The molecule has 1 atom stereocenters. The number of fused-ring (bicyclic) bond motifs is 1. The van der Waals surface area contributed by atoms with Crippen molar-refractivity contribution in [2.45, 2.75) is 25.3 Å². The van der Waals surface area contributed by atoms with E-state index < -0.39 is 0 Å². The average Bonchev–Trinajstić information content (AvgIpc) is 2.74. The van der Waals surface area contributed by atoms with Crippen molar-refractivity contribution in [1.82, 2.24) is 4.90 Å². The highest BCUT2D eigenvalue weighted by atomic mass is 15.3. The summed E-state index contributed by atoms with van der Waals surface area (Å²) in [5.41, 5.74) is 1.36. The number of amidine groups is 1. The number of rotatable bonds is 1. The Labute approximate surface area is 90.6 Å². The smallest absolute Gasteiger partial charge is 0.0998 e. The molecule has 2 nitrogen and oxygen atoms in total. The van der Waals surface area contributed by atoms with Crippen molar-refractivity contribution >= 4 is 5.84 Å². The van der Waals surface area contributed by atoms with Gasteiger partial charge in [-0.15, -0.1) is 0 Å². The number of benzene rings is 1. The third-order valence-electron chi connectivity index (χ3n) is 3.33. The second-order valence-electron chi connectivity index (χ2n) is 4.37. The molecule has 1 saturated heterocycles. The second kappa shape index (κ2) is 3.69. The molecule has 2 heteroatoms. The van der Waals surface area contributed by atoms with Crippen LogP contribution in [-0.4, -0.2) is 23.8 Å². The molecule has 1 aromatic carbocycles. The third kappa shape index (κ3) is 1.65. The van der Waals surface area contributed by atoms with E-state index in [1.165, 1.54) is 37.2 Å². The zero-order valence-corrected chi connectivity index (χ0v) is 8.89. The molecule has 0 amide bonds. The molecule has 2 aliphatic heterocycles. The van der Waals surface area contributed by atoms with Gasteiger partial charge in [-0.05, 0) is 18.4 Å². The fourth-order valence-electron chi connectivity index (χ4n) is 2.50. The zero-order valence-electron chi connectivity index (χ0n) is 8.89. The molecule has 2 aliphatic rings. The molecule has 0 aromatic heterocycles. The lowest BCUT2D eigenvalue weighted by molar-refractivity contribution is 0.384. The highest BCUT2D eigenvalue weighted by molar-refractivity contribution is 5.84. The number of aliphatic imine (C=N–C) groups is 1. The van der Waals surface area contributed by atoms with Crippen LogP contribution in [0.1, 0.15) is 30.9 Å². The highest BCUT2D eigenvalue weighted by Gasteiger charge is 2.27. The van der Waals surface area contributed by atoms with Crippen LogP contribution in [0.2, 0.25) is 0 Å². The average molecular weight is 200 g/mol. The molecule has 0 N–H and O–H groups in total. The first-order chi connectivity index (χ1) is 7.43. The van der Waals surface area contributed by atoms with Crippen LogP contribution in [-0.2, 0) is 0 Å². The molecule has 0 radical (unpaired) electrons. The van der Waals surface area contributed by atoms with Crippen molar-refractivity contribution in [3.8, 4) is 0 Å². The minimum atomic E-state index is 0.388. The van der Waals surface area contributed by atoms with Crippen molar-refractivity contribution in [2.75, 3.05) is 13.1 Å². The number of piperidine rings is 1. The van der Waals surface area contributed by atoms with E-state index in [0.717, 1.165) is 6.54 Å². The van der Waals surface area contributed by atoms with Crippen molar-refractivity contribution in [1.29, 1.82) is 0 Å². The van der Waals surface area contributed by atoms with Crippen LogP contribution in [0.25, 0.3) is 0 Å². The molecular weight excluding hydrogens is 184 g/mol. The predicted molar refractivity (Wildman–Crippen MR) is 62.0 cm³/mol. The number of hydrogen-bond acceptors (Lipinski definition) is 2. The van der Waals surface area contributed by atoms with E-state index in [4.69, 9.17) is 4.99 Å². The Morgan fingerprint density at radius 2 is 2.00 bits per heavy atom.